The van der Waals surface area contributed by atoms with Crippen molar-refractivity contribution in [2.45, 2.75) is 36.6 Å². The average molecular weight is 426 g/mol. The normalized spacial score (nSPS) is 17.4. The van der Waals surface area contributed by atoms with E-state index in [2.05, 4.69) is 26.0 Å². The number of aromatic nitrogens is 1. The molecule has 8 nitrogen and oxygen atoms in total. The number of amides is 1. The maximum Gasteiger partial charge on any atom is 0.240 e. The lowest BCUT2D eigenvalue weighted by molar-refractivity contribution is -0.120. The van der Waals surface area contributed by atoms with Crippen molar-refractivity contribution in [1.29, 1.82) is 5.26 Å². The Morgan fingerprint density at radius 1 is 1.13 bits per heavy atom. The van der Waals surface area contributed by atoms with E-state index < -0.39 is 10.0 Å². The number of anilines is 2. The molecule has 2 aliphatic rings. The number of nitrogens with one attached hydrogen (secondary N) is 2. The molecule has 4 rings (SSSR count). The van der Waals surface area contributed by atoms with Gasteiger partial charge in [0.2, 0.25) is 15.9 Å². The number of nitriles is 1. The van der Waals surface area contributed by atoms with E-state index in [0.717, 1.165) is 18.7 Å². The number of sulfonamides is 1. The van der Waals surface area contributed by atoms with E-state index >= 15 is 0 Å². The van der Waals surface area contributed by atoms with E-state index in [1.54, 1.807) is 24.4 Å². The number of carbonyl (C=O) groups excluding carboxylic acids is 1. The number of pyridine rings is 1. The number of rotatable bonds is 6. The zero-order chi connectivity index (χ0) is 21.1. The molecule has 0 bridgehead atoms. The van der Waals surface area contributed by atoms with Crippen molar-refractivity contribution in [3.05, 3.63) is 48.2 Å². The van der Waals surface area contributed by atoms with Gasteiger partial charge in [-0.1, -0.05) is 6.07 Å². The number of carbonyl (C=O) groups is 1. The van der Waals surface area contributed by atoms with Crippen LogP contribution in [-0.4, -0.2) is 38.4 Å². The van der Waals surface area contributed by atoms with E-state index in [9.17, 15) is 13.2 Å². The minimum absolute atomic E-state index is 0.0315. The standard InChI is InChI=1S/C21H23N5O3S/c22-13-15-4-7-20(23-14-15)26-10-8-16(9-11-26)21(27)24-18-2-1-3-19(12-18)30(28,29)25-17-5-6-17/h1-4,7,12,14,16-17,25H,5-6,8-11H2,(H,24,27). The molecule has 2 aromatic rings. The molecule has 30 heavy (non-hydrogen) atoms. The zero-order valence-electron chi connectivity index (χ0n) is 16.4. The molecule has 156 valence electrons. The fourth-order valence-electron chi connectivity index (χ4n) is 3.48. The maximum atomic E-state index is 12.7. The van der Waals surface area contributed by atoms with Gasteiger partial charge < -0.3 is 10.2 Å². The van der Waals surface area contributed by atoms with Crippen LogP contribution in [0.3, 0.4) is 0 Å². The molecule has 2 heterocycles. The van der Waals surface area contributed by atoms with Gasteiger partial charge in [0.1, 0.15) is 11.9 Å². The van der Waals surface area contributed by atoms with E-state index in [1.807, 2.05) is 6.07 Å². The Bertz CT molecular complexity index is 1070. The summed E-state index contributed by atoms with van der Waals surface area (Å²) in [4.78, 5) is 19.3. The van der Waals surface area contributed by atoms with Crippen molar-refractivity contribution in [1.82, 2.24) is 9.71 Å². The Morgan fingerprint density at radius 3 is 2.53 bits per heavy atom. The van der Waals surface area contributed by atoms with Gasteiger partial charge in [0.05, 0.1) is 10.5 Å². The summed E-state index contributed by atoms with van der Waals surface area (Å²) in [7, 11) is -3.56. The van der Waals surface area contributed by atoms with E-state index in [-0.39, 0.29) is 22.8 Å². The van der Waals surface area contributed by atoms with Gasteiger partial charge >= 0.3 is 0 Å². The molecule has 2 fully saturated rings. The third kappa shape index (κ3) is 4.78. The van der Waals surface area contributed by atoms with Gasteiger partial charge in [-0.05, 0) is 56.0 Å². The SMILES string of the molecule is N#Cc1ccc(N2CCC(C(=O)Nc3cccc(S(=O)(=O)NC4CC4)c3)CC2)nc1. The van der Waals surface area contributed by atoms with Crippen LogP contribution in [-0.2, 0) is 14.8 Å². The Hall–Kier alpha value is -2.96. The molecule has 1 saturated carbocycles. The van der Waals surface area contributed by atoms with Crippen molar-refractivity contribution < 1.29 is 13.2 Å². The number of hydrogen-bond donors (Lipinski definition) is 2. The second-order valence-corrected chi connectivity index (χ2v) is 9.40. The maximum absolute atomic E-state index is 12.7. The summed E-state index contributed by atoms with van der Waals surface area (Å²) in [5.41, 5.74) is 0.999. The van der Waals surface area contributed by atoms with Crippen molar-refractivity contribution in [3.8, 4) is 6.07 Å². The fourth-order valence-corrected chi connectivity index (χ4v) is 4.83. The lowest BCUT2D eigenvalue weighted by Gasteiger charge is -2.32. The molecular formula is C21H23N5O3S. The van der Waals surface area contributed by atoms with Crippen molar-refractivity contribution >= 4 is 27.4 Å². The summed E-state index contributed by atoms with van der Waals surface area (Å²) >= 11 is 0. The highest BCUT2D eigenvalue weighted by Gasteiger charge is 2.29. The minimum Gasteiger partial charge on any atom is -0.357 e. The Balaban J connectivity index is 1.34. The van der Waals surface area contributed by atoms with Gasteiger partial charge in [-0.15, -0.1) is 0 Å². The smallest absolute Gasteiger partial charge is 0.240 e. The molecule has 0 unspecified atom stereocenters. The topological polar surface area (TPSA) is 115 Å². The molecule has 1 amide bonds. The quantitative estimate of drug-likeness (QED) is 0.733. The molecular weight excluding hydrogens is 402 g/mol. The third-order valence-electron chi connectivity index (χ3n) is 5.38. The van der Waals surface area contributed by atoms with Gasteiger partial charge in [0, 0.05) is 36.9 Å². The van der Waals surface area contributed by atoms with Gasteiger partial charge in [-0.25, -0.2) is 18.1 Å². The number of nitrogens with zero attached hydrogens (tertiary/aromatic N) is 3. The first-order valence-electron chi connectivity index (χ1n) is 9.99. The van der Waals surface area contributed by atoms with Crippen LogP contribution in [0.2, 0.25) is 0 Å². The van der Waals surface area contributed by atoms with Gasteiger partial charge in [0.25, 0.3) is 0 Å². The highest BCUT2D eigenvalue weighted by molar-refractivity contribution is 7.89. The molecule has 1 saturated heterocycles. The monoisotopic (exact) mass is 425 g/mol. The van der Waals surface area contributed by atoms with E-state index in [4.69, 9.17) is 5.26 Å². The number of hydrogen-bond acceptors (Lipinski definition) is 6. The first kappa shape index (κ1) is 20.3. The van der Waals surface area contributed by atoms with Crippen molar-refractivity contribution in [2.75, 3.05) is 23.3 Å². The van der Waals surface area contributed by atoms with Gasteiger partial charge in [-0.2, -0.15) is 5.26 Å². The molecule has 1 aromatic carbocycles. The summed E-state index contributed by atoms with van der Waals surface area (Å²) in [6.45, 7) is 1.38. The second kappa shape index (κ2) is 8.42. The fraction of sp³-hybridized carbons (Fsp3) is 0.381. The second-order valence-electron chi connectivity index (χ2n) is 7.69. The predicted molar refractivity (Wildman–Crippen MR) is 112 cm³/mol. The Kier molecular flexibility index (Phi) is 5.70. The molecule has 9 heteroatoms. The lowest BCUT2D eigenvalue weighted by atomic mass is 9.95. The summed E-state index contributed by atoms with van der Waals surface area (Å²) in [6.07, 6.45) is 4.63. The van der Waals surface area contributed by atoms with E-state index in [1.165, 1.54) is 12.1 Å². The summed E-state index contributed by atoms with van der Waals surface area (Å²) in [5, 5.41) is 11.7. The summed E-state index contributed by atoms with van der Waals surface area (Å²) < 4.78 is 27.4. The van der Waals surface area contributed by atoms with Crippen LogP contribution in [0, 0.1) is 17.2 Å². The number of benzene rings is 1. The largest absolute Gasteiger partial charge is 0.357 e. The number of piperidine rings is 1. The summed E-state index contributed by atoms with van der Waals surface area (Å²) in [5.74, 6) is 0.547. The first-order chi connectivity index (χ1) is 14.4. The predicted octanol–water partition coefficient (Wildman–Crippen LogP) is 2.25. The van der Waals surface area contributed by atoms with Gasteiger partial charge in [-0.3, -0.25) is 4.79 Å². The van der Waals surface area contributed by atoms with Crippen LogP contribution in [0.4, 0.5) is 11.5 Å². The third-order valence-corrected chi connectivity index (χ3v) is 6.90. The average Bonchev–Trinajstić information content (AvgIpc) is 3.57. The van der Waals surface area contributed by atoms with E-state index in [0.29, 0.717) is 37.2 Å². The first-order valence-corrected chi connectivity index (χ1v) is 11.5. The highest BCUT2D eigenvalue weighted by Crippen LogP contribution is 2.25. The highest BCUT2D eigenvalue weighted by atomic mass is 32.2. The van der Waals surface area contributed by atoms with Crippen LogP contribution >= 0.6 is 0 Å². The molecule has 1 aliphatic carbocycles. The van der Waals surface area contributed by atoms with Crippen LogP contribution in [0.5, 0.6) is 0 Å². The van der Waals surface area contributed by atoms with Crippen LogP contribution in [0.25, 0.3) is 0 Å². The molecule has 1 aromatic heterocycles. The molecule has 2 N–H and O–H groups in total. The summed E-state index contributed by atoms with van der Waals surface area (Å²) in [6, 6.07) is 12.0. The Morgan fingerprint density at radius 2 is 1.90 bits per heavy atom. The molecule has 0 radical (unpaired) electrons. The molecule has 1 aliphatic heterocycles. The zero-order valence-corrected chi connectivity index (χ0v) is 17.2. The van der Waals surface area contributed by atoms with Crippen molar-refractivity contribution in [3.63, 3.8) is 0 Å². The molecule has 0 spiro atoms. The Labute approximate surface area is 176 Å². The van der Waals surface area contributed by atoms with Crippen LogP contribution in [0.1, 0.15) is 31.2 Å². The van der Waals surface area contributed by atoms with Gasteiger partial charge in [0.15, 0.2) is 0 Å². The van der Waals surface area contributed by atoms with Crippen molar-refractivity contribution in [2.24, 2.45) is 5.92 Å². The molecule has 0 atom stereocenters. The van der Waals surface area contributed by atoms with Crippen LogP contribution in [0.15, 0.2) is 47.5 Å². The lowest BCUT2D eigenvalue weighted by Crippen LogP contribution is -2.38. The van der Waals surface area contributed by atoms with Crippen LogP contribution < -0.4 is 14.9 Å². The minimum atomic E-state index is -3.56.